The minimum Gasteiger partial charge on any atom is -0.459 e. The van der Waals surface area contributed by atoms with Crippen molar-refractivity contribution in [1.82, 2.24) is 4.98 Å². The Morgan fingerprint density at radius 2 is 2.15 bits per heavy atom. The highest BCUT2D eigenvalue weighted by Crippen LogP contribution is 2.11. The van der Waals surface area contributed by atoms with Gasteiger partial charge in [-0.25, -0.2) is 0 Å². The van der Waals surface area contributed by atoms with Crippen LogP contribution in [0.15, 0.2) is 18.3 Å². The molecule has 5 heteroatoms. The first kappa shape index (κ1) is 16.6. The maximum atomic E-state index is 11.7. The number of rotatable bonds is 6. The predicted molar refractivity (Wildman–Crippen MR) is 76.9 cm³/mol. The smallest absolute Gasteiger partial charge is 0.323 e. The van der Waals surface area contributed by atoms with E-state index in [1.165, 1.54) is 0 Å². The third-order valence-electron chi connectivity index (χ3n) is 2.74. The third kappa shape index (κ3) is 6.12. The maximum absolute atomic E-state index is 11.7. The molecule has 0 fully saturated rings. The fraction of sp³-hybridized carbons (Fsp3) is 0.600. The number of nitrogens with zero attached hydrogens (tertiary/aromatic N) is 1. The van der Waals surface area contributed by atoms with Gasteiger partial charge in [0.1, 0.15) is 11.6 Å². The van der Waals surface area contributed by atoms with Crippen LogP contribution in [-0.2, 0) is 22.6 Å². The Morgan fingerprint density at radius 3 is 2.65 bits per heavy atom. The van der Waals surface area contributed by atoms with E-state index in [9.17, 15) is 4.79 Å². The van der Waals surface area contributed by atoms with Crippen molar-refractivity contribution in [2.75, 3.05) is 0 Å². The molecule has 0 aromatic carbocycles. The number of aliphatic hydroxyl groups is 1. The molecule has 0 amide bonds. The summed E-state index contributed by atoms with van der Waals surface area (Å²) in [5.74, 6) is -0.355. The van der Waals surface area contributed by atoms with E-state index in [4.69, 9.17) is 15.6 Å². The van der Waals surface area contributed by atoms with E-state index in [1.807, 2.05) is 26.8 Å². The van der Waals surface area contributed by atoms with Crippen molar-refractivity contribution in [3.8, 4) is 0 Å². The van der Waals surface area contributed by atoms with Gasteiger partial charge in [-0.1, -0.05) is 6.07 Å². The number of hydrogen-bond donors (Lipinski definition) is 2. The Kier molecular flexibility index (Phi) is 6.10. The molecule has 112 valence electrons. The Morgan fingerprint density at radius 1 is 1.45 bits per heavy atom. The second kappa shape index (κ2) is 7.36. The van der Waals surface area contributed by atoms with Gasteiger partial charge in [0.25, 0.3) is 0 Å². The number of carbonyl (C=O) groups is 1. The Bertz CT molecular complexity index is 424. The van der Waals surface area contributed by atoms with Crippen molar-refractivity contribution >= 4 is 5.97 Å². The number of esters is 1. The molecule has 0 spiro atoms. The molecule has 0 saturated carbocycles. The van der Waals surface area contributed by atoms with Crippen LogP contribution in [0, 0.1) is 0 Å². The summed E-state index contributed by atoms with van der Waals surface area (Å²) < 4.78 is 5.23. The summed E-state index contributed by atoms with van der Waals surface area (Å²) in [7, 11) is 0. The molecule has 1 aromatic rings. The first-order chi connectivity index (χ1) is 9.31. The lowest BCUT2D eigenvalue weighted by Crippen LogP contribution is -2.37. The number of aromatic nitrogens is 1. The van der Waals surface area contributed by atoms with Gasteiger partial charge in [-0.2, -0.15) is 0 Å². The second-order valence-corrected chi connectivity index (χ2v) is 5.85. The van der Waals surface area contributed by atoms with E-state index in [2.05, 4.69) is 4.98 Å². The van der Waals surface area contributed by atoms with Gasteiger partial charge in [-0.15, -0.1) is 0 Å². The molecule has 5 nitrogen and oxygen atoms in total. The van der Waals surface area contributed by atoms with Gasteiger partial charge in [0.05, 0.1) is 12.3 Å². The quantitative estimate of drug-likeness (QED) is 0.772. The average Bonchev–Trinajstić information content (AvgIpc) is 2.37. The molecular weight excluding hydrogens is 256 g/mol. The summed E-state index contributed by atoms with van der Waals surface area (Å²) in [5.41, 5.74) is 7.03. The zero-order valence-electron chi connectivity index (χ0n) is 12.4. The second-order valence-electron chi connectivity index (χ2n) is 5.85. The van der Waals surface area contributed by atoms with E-state index in [1.54, 1.807) is 12.3 Å². The van der Waals surface area contributed by atoms with Gasteiger partial charge in [0.2, 0.25) is 0 Å². The van der Waals surface area contributed by atoms with Gasteiger partial charge in [0, 0.05) is 6.20 Å². The van der Waals surface area contributed by atoms with Crippen LogP contribution in [0.4, 0.5) is 0 Å². The average molecular weight is 280 g/mol. The van der Waals surface area contributed by atoms with Crippen LogP contribution in [-0.4, -0.2) is 27.7 Å². The predicted octanol–water partition coefficient (Wildman–Crippen LogP) is 1.57. The van der Waals surface area contributed by atoms with Crippen LogP contribution in [0.1, 0.15) is 44.9 Å². The molecule has 0 radical (unpaired) electrons. The van der Waals surface area contributed by atoms with Crippen molar-refractivity contribution in [2.45, 2.75) is 58.3 Å². The lowest BCUT2D eigenvalue weighted by molar-refractivity contribution is -0.156. The van der Waals surface area contributed by atoms with Crippen LogP contribution in [0.25, 0.3) is 0 Å². The van der Waals surface area contributed by atoms with Crippen molar-refractivity contribution in [1.29, 1.82) is 0 Å². The van der Waals surface area contributed by atoms with Gasteiger partial charge < -0.3 is 15.6 Å². The standard InChI is InChI=1S/C15H24N2O3/c1-15(2,3)20-14(19)13(16)6-4-5-11-7-8-12(10-18)17-9-11/h7-9,13,18H,4-6,10,16H2,1-3H3/t13-/m0/s1. The molecule has 0 aliphatic rings. The topological polar surface area (TPSA) is 85.4 Å². The fourth-order valence-corrected chi connectivity index (χ4v) is 1.72. The van der Waals surface area contributed by atoms with Crippen LogP contribution < -0.4 is 5.73 Å². The van der Waals surface area contributed by atoms with E-state index in [0.717, 1.165) is 18.4 Å². The SMILES string of the molecule is CC(C)(C)OC(=O)[C@@H](N)CCCc1ccc(CO)nc1. The van der Waals surface area contributed by atoms with Crippen molar-refractivity contribution in [3.05, 3.63) is 29.6 Å². The van der Waals surface area contributed by atoms with Crippen LogP contribution in [0.3, 0.4) is 0 Å². The minimum atomic E-state index is -0.584. The van der Waals surface area contributed by atoms with Crippen LogP contribution in [0.5, 0.6) is 0 Å². The van der Waals surface area contributed by atoms with E-state index < -0.39 is 11.6 Å². The van der Waals surface area contributed by atoms with Crippen LogP contribution >= 0.6 is 0 Å². The number of hydrogen-bond acceptors (Lipinski definition) is 5. The Balaban J connectivity index is 2.34. The van der Waals surface area contributed by atoms with Crippen molar-refractivity contribution in [3.63, 3.8) is 0 Å². The highest BCUT2D eigenvalue weighted by atomic mass is 16.6. The summed E-state index contributed by atoms with van der Waals surface area (Å²) >= 11 is 0. The Hall–Kier alpha value is -1.46. The molecule has 0 saturated heterocycles. The van der Waals surface area contributed by atoms with E-state index in [-0.39, 0.29) is 12.6 Å². The van der Waals surface area contributed by atoms with E-state index in [0.29, 0.717) is 12.1 Å². The largest absolute Gasteiger partial charge is 0.459 e. The summed E-state index contributed by atoms with van der Waals surface area (Å²) in [6.07, 6.45) is 3.91. The first-order valence-electron chi connectivity index (χ1n) is 6.85. The maximum Gasteiger partial charge on any atom is 0.323 e. The number of ether oxygens (including phenoxy) is 1. The monoisotopic (exact) mass is 280 g/mol. The zero-order valence-corrected chi connectivity index (χ0v) is 12.4. The molecule has 1 heterocycles. The highest BCUT2D eigenvalue weighted by Gasteiger charge is 2.21. The molecule has 20 heavy (non-hydrogen) atoms. The zero-order chi connectivity index (χ0) is 15.2. The van der Waals surface area contributed by atoms with Gasteiger partial charge in [0.15, 0.2) is 0 Å². The number of carbonyl (C=O) groups excluding carboxylic acids is 1. The summed E-state index contributed by atoms with van der Waals surface area (Å²) in [6.45, 7) is 5.42. The van der Waals surface area contributed by atoms with Gasteiger partial charge in [-0.05, 0) is 51.7 Å². The van der Waals surface area contributed by atoms with E-state index >= 15 is 0 Å². The Labute approximate surface area is 120 Å². The normalized spacial score (nSPS) is 13.1. The molecule has 3 N–H and O–H groups in total. The fourth-order valence-electron chi connectivity index (χ4n) is 1.72. The molecule has 0 bridgehead atoms. The molecule has 0 unspecified atom stereocenters. The summed E-state index contributed by atoms with van der Waals surface area (Å²) in [6, 6.07) is 3.14. The number of aliphatic hydroxyl groups excluding tert-OH is 1. The van der Waals surface area contributed by atoms with Crippen molar-refractivity contribution < 1.29 is 14.6 Å². The minimum absolute atomic E-state index is 0.0518. The first-order valence-corrected chi connectivity index (χ1v) is 6.85. The number of aryl methyl sites for hydroxylation is 1. The number of nitrogens with two attached hydrogens (primary N) is 1. The molecular formula is C15H24N2O3. The lowest BCUT2D eigenvalue weighted by atomic mass is 10.1. The summed E-state index contributed by atoms with van der Waals surface area (Å²) in [4.78, 5) is 15.8. The highest BCUT2D eigenvalue weighted by molar-refractivity contribution is 5.75. The van der Waals surface area contributed by atoms with Crippen molar-refractivity contribution in [2.24, 2.45) is 5.73 Å². The lowest BCUT2D eigenvalue weighted by Gasteiger charge is -2.22. The molecule has 0 aliphatic heterocycles. The molecule has 1 aromatic heterocycles. The summed E-state index contributed by atoms with van der Waals surface area (Å²) in [5, 5.41) is 8.90. The van der Waals surface area contributed by atoms with Gasteiger partial charge >= 0.3 is 5.97 Å². The van der Waals surface area contributed by atoms with Crippen LogP contribution in [0.2, 0.25) is 0 Å². The third-order valence-corrected chi connectivity index (χ3v) is 2.74. The molecule has 1 rings (SSSR count). The van der Waals surface area contributed by atoms with Gasteiger partial charge in [-0.3, -0.25) is 9.78 Å². The molecule has 0 aliphatic carbocycles. The number of pyridine rings is 1. The molecule has 1 atom stereocenters.